The first kappa shape index (κ1) is 14.8. The van der Waals surface area contributed by atoms with Crippen molar-refractivity contribution in [2.24, 2.45) is 0 Å². The van der Waals surface area contributed by atoms with Crippen LogP contribution in [-0.2, 0) is 0 Å². The van der Waals surface area contributed by atoms with Crippen LogP contribution in [0.15, 0.2) is 12.1 Å². The summed E-state index contributed by atoms with van der Waals surface area (Å²) >= 11 is 0. The Bertz CT molecular complexity index is 498. The van der Waals surface area contributed by atoms with Crippen LogP contribution in [0.3, 0.4) is 0 Å². The van der Waals surface area contributed by atoms with Crippen LogP contribution in [0, 0.1) is 17.5 Å². The molecule has 0 aromatic heterocycles. The van der Waals surface area contributed by atoms with Crippen molar-refractivity contribution >= 4 is 5.91 Å². The van der Waals surface area contributed by atoms with Crippen LogP contribution in [0.1, 0.15) is 24.2 Å². The normalized spacial score (nSPS) is 20.2. The Morgan fingerprint density at radius 1 is 1.25 bits per heavy atom. The van der Waals surface area contributed by atoms with Gasteiger partial charge in [0.2, 0.25) is 0 Å². The molecule has 1 unspecified atom stereocenters. The van der Waals surface area contributed by atoms with E-state index in [1.54, 1.807) is 4.90 Å². The van der Waals surface area contributed by atoms with E-state index < -0.39 is 23.4 Å². The van der Waals surface area contributed by atoms with E-state index in [2.05, 4.69) is 4.90 Å². The molecule has 1 fully saturated rings. The van der Waals surface area contributed by atoms with Gasteiger partial charge in [0.1, 0.15) is 0 Å². The lowest BCUT2D eigenvalue weighted by Crippen LogP contribution is -2.53. The summed E-state index contributed by atoms with van der Waals surface area (Å²) in [7, 11) is 0. The van der Waals surface area contributed by atoms with E-state index in [9.17, 15) is 18.0 Å². The Morgan fingerprint density at radius 2 is 1.85 bits per heavy atom. The molecule has 0 radical (unpaired) electrons. The van der Waals surface area contributed by atoms with Gasteiger partial charge in [-0.1, -0.05) is 6.92 Å². The van der Waals surface area contributed by atoms with E-state index in [4.69, 9.17) is 0 Å². The molecule has 1 aromatic carbocycles. The number of piperazine rings is 1. The fourth-order valence-corrected chi connectivity index (χ4v) is 2.51. The number of halogens is 3. The number of hydrogen-bond acceptors (Lipinski definition) is 2. The van der Waals surface area contributed by atoms with Crippen LogP contribution in [0.4, 0.5) is 13.2 Å². The first-order chi connectivity index (χ1) is 9.43. The highest BCUT2D eigenvalue weighted by atomic mass is 19.2. The lowest BCUT2D eigenvalue weighted by atomic mass is 10.1. The van der Waals surface area contributed by atoms with Gasteiger partial charge in [-0.2, -0.15) is 0 Å². The van der Waals surface area contributed by atoms with Crippen molar-refractivity contribution in [1.29, 1.82) is 0 Å². The van der Waals surface area contributed by atoms with Crippen molar-refractivity contribution in [2.45, 2.75) is 19.9 Å². The molecule has 1 heterocycles. The lowest BCUT2D eigenvalue weighted by molar-refractivity contribution is 0.0527. The topological polar surface area (TPSA) is 23.6 Å². The molecule has 1 amide bonds. The van der Waals surface area contributed by atoms with E-state index in [1.165, 1.54) is 0 Å². The summed E-state index contributed by atoms with van der Waals surface area (Å²) in [6.45, 7) is 6.64. The standard InChI is InChI=1S/C14H17F3N2O/c1-3-18-4-5-19(8-9(18)2)14(20)10-6-11(15)13(17)12(16)7-10/h6-7,9H,3-5,8H2,1-2H3. The van der Waals surface area contributed by atoms with Gasteiger partial charge in [-0.05, 0) is 25.6 Å². The van der Waals surface area contributed by atoms with Gasteiger partial charge in [-0.15, -0.1) is 0 Å². The second-order valence-electron chi connectivity index (χ2n) is 4.98. The second-order valence-corrected chi connectivity index (χ2v) is 4.98. The van der Waals surface area contributed by atoms with Gasteiger partial charge in [0.05, 0.1) is 0 Å². The fraction of sp³-hybridized carbons (Fsp3) is 0.500. The minimum Gasteiger partial charge on any atom is -0.336 e. The predicted molar refractivity (Wildman–Crippen MR) is 68.9 cm³/mol. The van der Waals surface area contributed by atoms with Crippen molar-refractivity contribution in [1.82, 2.24) is 9.80 Å². The van der Waals surface area contributed by atoms with E-state index >= 15 is 0 Å². The number of carbonyl (C=O) groups is 1. The van der Waals surface area contributed by atoms with E-state index in [0.717, 1.165) is 25.2 Å². The van der Waals surface area contributed by atoms with E-state index in [-0.39, 0.29) is 11.6 Å². The number of carbonyl (C=O) groups excluding carboxylic acids is 1. The van der Waals surface area contributed by atoms with Crippen LogP contribution < -0.4 is 0 Å². The molecule has 20 heavy (non-hydrogen) atoms. The fourth-order valence-electron chi connectivity index (χ4n) is 2.51. The molecule has 6 heteroatoms. The lowest BCUT2D eigenvalue weighted by Gasteiger charge is -2.39. The smallest absolute Gasteiger partial charge is 0.254 e. The van der Waals surface area contributed by atoms with Crippen molar-refractivity contribution in [3.63, 3.8) is 0 Å². The molecule has 0 N–H and O–H groups in total. The van der Waals surface area contributed by atoms with E-state index in [0.29, 0.717) is 13.1 Å². The third-order valence-corrected chi connectivity index (χ3v) is 3.69. The molecule has 1 aromatic rings. The SMILES string of the molecule is CCN1CCN(C(=O)c2cc(F)c(F)c(F)c2)CC1C. The van der Waals surface area contributed by atoms with E-state index in [1.807, 2.05) is 13.8 Å². The minimum atomic E-state index is -1.55. The summed E-state index contributed by atoms with van der Waals surface area (Å²) in [6.07, 6.45) is 0. The van der Waals surface area contributed by atoms with Gasteiger partial charge in [0.25, 0.3) is 5.91 Å². The molecule has 1 saturated heterocycles. The Labute approximate surface area is 116 Å². The van der Waals surface area contributed by atoms with Crippen LogP contribution in [0.25, 0.3) is 0 Å². The Morgan fingerprint density at radius 3 is 2.35 bits per heavy atom. The van der Waals surface area contributed by atoms with Crippen molar-refractivity contribution < 1.29 is 18.0 Å². The number of hydrogen-bond donors (Lipinski definition) is 0. The van der Waals surface area contributed by atoms with Crippen LogP contribution in [0.2, 0.25) is 0 Å². The third kappa shape index (κ3) is 2.80. The first-order valence-electron chi connectivity index (χ1n) is 6.62. The van der Waals surface area contributed by atoms with Gasteiger partial charge in [0, 0.05) is 31.2 Å². The minimum absolute atomic E-state index is 0.154. The van der Waals surface area contributed by atoms with Crippen LogP contribution in [0.5, 0.6) is 0 Å². The molecular formula is C14H17F3N2O. The average molecular weight is 286 g/mol. The van der Waals surface area contributed by atoms with Gasteiger partial charge in [0.15, 0.2) is 17.5 Å². The maximum atomic E-state index is 13.2. The Kier molecular flexibility index (Phi) is 4.32. The molecule has 2 rings (SSSR count). The summed E-state index contributed by atoms with van der Waals surface area (Å²) in [5, 5.41) is 0. The summed E-state index contributed by atoms with van der Waals surface area (Å²) < 4.78 is 39.2. The molecule has 0 spiro atoms. The number of likely N-dealkylation sites (N-methyl/N-ethyl adjacent to an activating group) is 1. The monoisotopic (exact) mass is 286 g/mol. The largest absolute Gasteiger partial charge is 0.336 e. The van der Waals surface area contributed by atoms with Gasteiger partial charge in [-0.3, -0.25) is 9.69 Å². The highest BCUT2D eigenvalue weighted by Crippen LogP contribution is 2.17. The molecule has 110 valence electrons. The number of amides is 1. The zero-order chi connectivity index (χ0) is 14.9. The van der Waals surface area contributed by atoms with Gasteiger partial charge < -0.3 is 4.90 Å². The van der Waals surface area contributed by atoms with Crippen molar-refractivity contribution in [3.8, 4) is 0 Å². The number of benzene rings is 1. The average Bonchev–Trinajstić information content (AvgIpc) is 2.43. The van der Waals surface area contributed by atoms with Crippen LogP contribution in [-0.4, -0.2) is 47.9 Å². The first-order valence-corrected chi connectivity index (χ1v) is 6.62. The second kappa shape index (κ2) is 5.83. The molecule has 0 saturated carbocycles. The molecule has 0 bridgehead atoms. The summed E-state index contributed by atoms with van der Waals surface area (Å²) in [5.41, 5.74) is -0.154. The highest BCUT2D eigenvalue weighted by molar-refractivity contribution is 5.94. The predicted octanol–water partition coefficient (Wildman–Crippen LogP) is 2.27. The van der Waals surface area contributed by atoms with Crippen LogP contribution >= 0.6 is 0 Å². The number of rotatable bonds is 2. The zero-order valence-electron chi connectivity index (χ0n) is 11.5. The van der Waals surface area contributed by atoms with Gasteiger partial charge in [-0.25, -0.2) is 13.2 Å². The molecule has 3 nitrogen and oxygen atoms in total. The van der Waals surface area contributed by atoms with Crippen molar-refractivity contribution in [3.05, 3.63) is 35.1 Å². The third-order valence-electron chi connectivity index (χ3n) is 3.69. The summed E-state index contributed by atoms with van der Waals surface area (Å²) in [6, 6.07) is 1.68. The summed E-state index contributed by atoms with van der Waals surface area (Å²) in [5.74, 6) is -4.70. The quantitative estimate of drug-likeness (QED) is 0.779. The number of nitrogens with zero attached hydrogens (tertiary/aromatic N) is 2. The maximum Gasteiger partial charge on any atom is 0.254 e. The highest BCUT2D eigenvalue weighted by Gasteiger charge is 2.27. The van der Waals surface area contributed by atoms with Gasteiger partial charge >= 0.3 is 0 Å². The molecular weight excluding hydrogens is 269 g/mol. The Hall–Kier alpha value is -1.56. The zero-order valence-corrected chi connectivity index (χ0v) is 11.5. The molecule has 1 atom stereocenters. The Balaban J connectivity index is 2.16. The molecule has 1 aliphatic heterocycles. The van der Waals surface area contributed by atoms with Crippen molar-refractivity contribution in [2.75, 3.05) is 26.2 Å². The maximum absolute atomic E-state index is 13.2. The summed E-state index contributed by atoms with van der Waals surface area (Å²) in [4.78, 5) is 16.0. The molecule has 1 aliphatic rings. The molecule has 0 aliphatic carbocycles.